The van der Waals surface area contributed by atoms with Gasteiger partial charge in [0.15, 0.2) is 0 Å². The number of rotatable bonds is 15. The molecular formula is C17H33NO3. The first-order valence-electron chi connectivity index (χ1n) is 8.61. The summed E-state index contributed by atoms with van der Waals surface area (Å²) < 4.78 is 0. The zero-order valence-electron chi connectivity index (χ0n) is 13.6. The quantitative estimate of drug-likeness (QED) is 0.350. The average molecular weight is 299 g/mol. The molecule has 3 N–H and O–H groups in total. The number of carboxylic acid groups (broad SMARTS) is 1. The van der Waals surface area contributed by atoms with Crippen LogP contribution >= 0.6 is 0 Å². The molecule has 0 spiro atoms. The molecule has 0 heterocycles. The number of carbonyl (C=O) groups excluding carboxylic acids is 1. The molecule has 0 aliphatic rings. The minimum atomic E-state index is -1.09. The summed E-state index contributed by atoms with van der Waals surface area (Å²) in [6, 6.07) is 0. The molecule has 4 nitrogen and oxygen atoms in total. The molecule has 0 rings (SSSR count). The van der Waals surface area contributed by atoms with Gasteiger partial charge in [0.2, 0.25) is 5.91 Å². The first-order valence-corrected chi connectivity index (χ1v) is 8.61. The van der Waals surface area contributed by atoms with Crippen LogP contribution in [0.3, 0.4) is 0 Å². The van der Waals surface area contributed by atoms with Gasteiger partial charge in [-0.15, -0.1) is 0 Å². The summed E-state index contributed by atoms with van der Waals surface area (Å²) in [6.45, 7) is 2.24. The Morgan fingerprint density at radius 2 is 1.19 bits per heavy atom. The maximum absolute atomic E-state index is 10.9. The highest BCUT2D eigenvalue weighted by molar-refractivity contribution is 5.95. The van der Waals surface area contributed by atoms with Crippen LogP contribution in [0.2, 0.25) is 0 Å². The maximum Gasteiger partial charge on any atom is 0.316 e. The zero-order valence-corrected chi connectivity index (χ0v) is 13.6. The van der Waals surface area contributed by atoms with Crippen LogP contribution in [0.15, 0.2) is 0 Å². The summed E-state index contributed by atoms with van der Waals surface area (Å²) in [7, 11) is 0. The van der Waals surface area contributed by atoms with E-state index in [0.29, 0.717) is 6.42 Å². The number of amides is 1. The van der Waals surface area contributed by atoms with Gasteiger partial charge in [0.05, 0.1) is 0 Å². The van der Waals surface area contributed by atoms with E-state index in [4.69, 9.17) is 10.8 Å². The van der Waals surface area contributed by atoms with E-state index in [0.717, 1.165) is 19.3 Å². The third kappa shape index (κ3) is 12.4. The molecule has 124 valence electrons. The summed E-state index contributed by atoms with van der Waals surface area (Å²) in [5.41, 5.74) is 5.06. The van der Waals surface area contributed by atoms with Gasteiger partial charge in [-0.2, -0.15) is 0 Å². The lowest BCUT2D eigenvalue weighted by molar-refractivity contribution is -0.146. The van der Waals surface area contributed by atoms with Gasteiger partial charge in [-0.05, 0) is 6.42 Å². The number of aliphatic carboxylic acids is 1. The second-order valence-electron chi connectivity index (χ2n) is 5.97. The first kappa shape index (κ1) is 19.9. The molecule has 0 bridgehead atoms. The molecule has 0 aliphatic carbocycles. The second kappa shape index (κ2) is 13.9. The fourth-order valence-electron chi connectivity index (χ4n) is 2.58. The van der Waals surface area contributed by atoms with Crippen molar-refractivity contribution in [1.82, 2.24) is 0 Å². The smallest absolute Gasteiger partial charge is 0.316 e. The van der Waals surface area contributed by atoms with Crippen molar-refractivity contribution in [2.45, 2.75) is 90.4 Å². The molecular weight excluding hydrogens is 266 g/mol. The highest BCUT2D eigenvalue weighted by Gasteiger charge is 2.22. The molecule has 0 aliphatic heterocycles. The Morgan fingerprint density at radius 3 is 1.52 bits per heavy atom. The van der Waals surface area contributed by atoms with Crippen LogP contribution in [-0.4, -0.2) is 17.0 Å². The normalized spacial score (nSPS) is 12.2. The van der Waals surface area contributed by atoms with Crippen LogP contribution in [-0.2, 0) is 9.59 Å². The maximum atomic E-state index is 10.9. The Bertz CT molecular complexity index is 265. The summed E-state index contributed by atoms with van der Waals surface area (Å²) in [5, 5.41) is 8.82. The van der Waals surface area contributed by atoms with E-state index < -0.39 is 17.8 Å². The van der Waals surface area contributed by atoms with Gasteiger partial charge in [0, 0.05) is 0 Å². The second-order valence-corrected chi connectivity index (χ2v) is 5.97. The fourth-order valence-corrected chi connectivity index (χ4v) is 2.58. The lowest BCUT2D eigenvalue weighted by Crippen LogP contribution is -2.30. The first-order chi connectivity index (χ1) is 10.1. The molecule has 0 saturated carbocycles. The van der Waals surface area contributed by atoms with Gasteiger partial charge in [0.1, 0.15) is 5.92 Å². The standard InChI is InChI=1S/C17H33NO3/c1-2-3-4-5-6-7-8-9-10-11-12-13-14-15(16(18)19)17(20)21/h15H,2-14H2,1H3,(H2,18,19)(H,20,21). The van der Waals surface area contributed by atoms with Crippen molar-refractivity contribution in [3.05, 3.63) is 0 Å². The van der Waals surface area contributed by atoms with E-state index in [2.05, 4.69) is 6.92 Å². The number of hydrogen-bond acceptors (Lipinski definition) is 2. The van der Waals surface area contributed by atoms with Crippen molar-refractivity contribution in [3.8, 4) is 0 Å². The largest absolute Gasteiger partial charge is 0.481 e. The number of hydrogen-bond donors (Lipinski definition) is 2. The SMILES string of the molecule is CCCCCCCCCCCCCCC(C(N)=O)C(=O)O. The summed E-state index contributed by atoms with van der Waals surface area (Å²) in [5.74, 6) is -2.82. The number of carbonyl (C=O) groups is 2. The van der Waals surface area contributed by atoms with Gasteiger partial charge >= 0.3 is 5.97 Å². The van der Waals surface area contributed by atoms with Crippen molar-refractivity contribution < 1.29 is 14.7 Å². The minimum absolute atomic E-state index is 0.377. The van der Waals surface area contributed by atoms with Gasteiger partial charge in [-0.1, -0.05) is 84.0 Å². The van der Waals surface area contributed by atoms with Crippen LogP contribution in [0, 0.1) is 5.92 Å². The summed E-state index contributed by atoms with van der Waals surface area (Å²) >= 11 is 0. The van der Waals surface area contributed by atoms with E-state index >= 15 is 0 Å². The van der Waals surface area contributed by atoms with Gasteiger partial charge < -0.3 is 10.8 Å². The highest BCUT2D eigenvalue weighted by atomic mass is 16.4. The monoisotopic (exact) mass is 299 g/mol. The Kier molecular flexibility index (Phi) is 13.2. The molecule has 0 saturated heterocycles. The lowest BCUT2D eigenvalue weighted by atomic mass is 9.99. The van der Waals surface area contributed by atoms with Crippen molar-refractivity contribution in [1.29, 1.82) is 0 Å². The Morgan fingerprint density at radius 1 is 0.810 bits per heavy atom. The van der Waals surface area contributed by atoms with Crippen LogP contribution < -0.4 is 5.73 Å². The van der Waals surface area contributed by atoms with Crippen LogP contribution in [0.4, 0.5) is 0 Å². The molecule has 4 heteroatoms. The molecule has 1 atom stereocenters. The van der Waals surface area contributed by atoms with E-state index in [9.17, 15) is 9.59 Å². The van der Waals surface area contributed by atoms with Crippen molar-refractivity contribution in [2.75, 3.05) is 0 Å². The van der Waals surface area contributed by atoms with Crippen molar-refractivity contribution in [3.63, 3.8) is 0 Å². The summed E-state index contributed by atoms with van der Waals surface area (Å²) in [4.78, 5) is 21.7. The molecule has 21 heavy (non-hydrogen) atoms. The topological polar surface area (TPSA) is 80.4 Å². The van der Waals surface area contributed by atoms with Crippen LogP contribution in [0.1, 0.15) is 90.4 Å². The summed E-state index contributed by atoms with van der Waals surface area (Å²) in [6.07, 6.45) is 15.2. The average Bonchev–Trinajstić information content (AvgIpc) is 2.43. The number of nitrogens with two attached hydrogens (primary N) is 1. The van der Waals surface area contributed by atoms with E-state index in [1.54, 1.807) is 0 Å². The number of carboxylic acids is 1. The van der Waals surface area contributed by atoms with E-state index in [1.807, 2.05) is 0 Å². The van der Waals surface area contributed by atoms with Gasteiger partial charge in [-0.25, -0.2) is 0 Å². The molecule has 0 aromatic heterocycles. The number of unbranched alkanes of at least 4 members (excludes halogenated alkanes) is 11. The predicted octanol–water partition coefficient (Wildman–Crippen LogP) is 4.26. The van der Waals surface area contributed by atoms with Crippen LogP contribution in [0.25, 0.3) is 0 Å². The lowest BCUT2D eigenvalue weighted by Gasteiger charge is -2.07. The predicted molar refractivity (Wildman–Crippen MR) is 86.0 cm³/mol. The van der Waals surface area contributed by atoms with Gasteiger partial charge in [0.25, 0.3) is 0 Å². The van der Waals surface area contributed by atoms with E-state index in [1.165, 1.54) is 57.8 Å². The zero-order chi connectivity index (χ0) is 15.9. The van der Waals surface area contributed by atoms with Crippen LogP contribution in [0.5, 0.6) is 0 Å². The molecule has 0 aromatic rings. The molecule has 0 radical (unpaired) electrons. The van der Waals surface area contributed by atoms with E-state index in [-0.39, 0.29) is 0 Å². The molecule has 1 unspecified atom stereocenters. The van der Waals surface area contributed by atoms with Crippen molar-refractivity contribution in [2.24, 2.45) is 11.7 Å². The molecule has 0 fully saturated rings. The highest BCUT2D eigenvalue weighted by Crippen LogP contribution is 2.14. The third-order valence-corrected chi connectivity index (χ3v) is 3.99. The Hall–Kier alpha value is -1.06. The fraction of sp³-hybridized carbons (Fsp3) is 0.882. The minimum Gasteiger partial charge on any atom is -0.481 e. The Balaban J connectivity index is 3.29. The third-order valence-electron chi connectivity index (χ3n) is 3.99. The van der Waals surface area contributed by atoms with Crippen molar-refractivity contribution >= 4 is 11.9 Å². The Labute approximate surface area is 129 Å². The molecule has 0 aromatic carbocycles. The van der Waals surface area contributed by atoms with Gasteiger partial charge in [-0.3, -0.25) is 9.59 Å². The number of primary amides is 1. The molecule has 1 amide bonds.